The number of aryl methyl sites for hydroxylation is 1. The second-order valence-corrected chi connectivity index (χ2v) is 8.15. The fraction of sp³-hybridized carbons (Fsp3) is 0.333. The van der Waals surface area contributed by atoms with Gasteiger partial charge in [0.15, 0.2) is 5.75 Å². The quantitative estimate of drug-likeness (QED) is 0.315. The minimum atomic E-state index is -0.551. The number of hydrogen-bond donors (Lipinski definition) is 2. The number of amides is 1. The smallest absolute Gasteiger partial charge is 0.315 e. The Morgan fingerprint density at radius 2 is 2.18 bits per heavy atom. The summed E-state index contributed by atoms with van der Waals surface area (Å²) in [7, 11) is 1.35. The number of nitro benzene ring substituents is 1. The van der Waals surface area contributed by atoms with Crippen molar-refractivity contribution in [2.45, 2.75) is 33.1 Å². The zero-order valence-electron chi connectivity index (χ0n) is 18.8. The van der Waals surface area contributed by atoms with Crippen molar-refractivity contribution >= 4 is 28.7 Å². The molecule has 0 radical (unpaired) electrons. The number of aromatic nitrogens is 1. The Morgan fingerprint density at radius 1 is 1.36 bits per heavy atom. The number of aromatic amines is 1. The van der Waals surface area contributed by atoms with E-state index in [0.717, 1.165) is 30.2 Å². The molecule has 1 aromatic heterocycles. The van der Waals surface area contributed by atoms with Gasteiger partial charge in [-0.25, -0.2) is 5.43 Å². The van der Waals surface area contributed by atoms with Crippen molar-refractivity contribution in [1.29, 1.82) is 0 Å². The van der Waals surface area contributed by atoms with Crippen LogP contribution in [0.2, 0.25) is 0 Å². The number of hydrogen-bond acceptors (Lipinski definition) is 6. The number of rotatable bonds is 7. The van der Waals surface area contributed by atoms with Gasteiger partial charge in [-0.3, -0.25) is 14.9 Å². The van der Waals surface area contributed by atoms with E-state index in [4.69, 9.17) is 9.47 Å². The number of methoxy groups -OCH3 is 1. The number of nitro groups is 1. The molecule has 3 aromatic rings. The summed E-state index contributed by atoms with van der Waals surface area (Å²) in [5.41, 5.74) is 6.73. The van der Waals surface area contributed by atoms with Crippen molar-refractivity contribution < 1.29 is 19.2 Å². The van der Waals surface area contributed by atoms with Crippen molar-refractivity contribution in [3.8, 4) is 11.5 Å². The van der Waals surface area contributed by atoms with Gasteiger partial charge in [0.1, 0.15) is 0 Å². The van der Waals surface area contributed by atoms with E-state index in [1.165, 1.54) is 30.6 Å². The molecule has 4 rings (SSSR count). The summed E-state index contributed by atoms with van der Waals surface area (Å²) in [6, 6.07) is 8.45. The molecule has 33 heavy (non-hydrogen) atoms. The Balaban J connectivity index is 1.55. The van der Waals surface area contributed by atoms with Crippen molar-refractivity contribution in [3.05, 3.63) is 62.8 Å². The van der Waals surface area contributed by atoms with E-state index in [2.05, 4.69) is 22.4 Å². The van der Waals surface area contributed by atoms with Crippen LogP contribution in [0.15, 0.2) is 35.4 Å². The number of benzene rings is 2. The maximum absolute atomic E-state index is 12.7. The predicted molar refractivity (Wildman–Crippen MR) is 125 cm³/mol. The third-order valence-corrected chi connectivity index (χ3v) is 5.83. The van der Waals surface area contributed by atoms with Crippen molar-refractivity contribution in [2.75, 3.05) is 13.7 Å². The topological polar surface area (TPSA) is 119 Å². The number of H-pyrrole nitrogens is 1. The average Bonchev–Trinajstić information content (AvgIpc) is 3.16. The standard InChI is InChI=1S/C24H26N4O5/c1-4-33-22-11-15(10-21(28(30)31)23(22)32-3)13-25-27-24(29)16-6-8-20-18(12-16)17-9-14(2)5-7-19(17)26-20/h6,8,10-14,26H,4-5,7,9H2,1-3H3,(H,27,29)/b25-13-. The second kappa shape index (κ2) is 9.32. The Bertz CT molecular complexity index is 1250. The molecule has 9 heteroatoms. The molecule has 172 valence electrons. The van der Waals surface area contributed by atoms with E-state index in [9.17, 15) is 14.9 Å². The molecule has 1 heterocycles. The van der Waals surface area contributed by atoms with Crippen LogP contribution in [0.1, 0.15) is 47.4 Å². The van der Waals surface area contributed by atoms with E-state index < -0.39 is 4.92 Å². The van der Waals surface area contributed by atoms with Gasteiger partial charge in [0.2, 0.25) is 5.75 Å². The summed E-state index contributed by atoms with van der Waals surface area (Å²) in [6.45, 7) is 4.33. The molecule has 2 aromatic carbocycles. The first-order valence-electron chi connectivity index (χ1n) is 10.9. The molecule has 0 saturated heterocycles. The van der Waals surface area contributed by atoms with Crippen LogP contribution in [0.25, 0.3) is 10.9 Å². The first-order chi connectivity index (χ1) is 15.9. The van der Waals surface area contributed by atoms with E-state index in [-0.39, 0.29) is 23.1 Å². The lowest BCUT2D eigenvalue weighted by Crippen LogP contribution is -2.17. The summed E-state index contributed by atoms with van der Waals surface area (Å²) in [5.74, 6) is 0.535. The predicted octanol–water partition coefficient (Wildman–Crippen LogP) is 4.37. The Kier molecular flexibility index (Phi) is 6.30. The van der Waals surface area contributed by atoms with Crippen LogP contribution in [0, 0.1) is 16.0 Å². The largest absolute Gasteiger partial charge is 0.490 e. The molecule has 0 aliphatic heterocycles. The van der Waals surface area contributed by atoms with Crippen LogP contribution < -0.4 is 14.9 Å². The first-order valence-corrected chi connectivity index (χ1v) is 10.9. The van der Waals surface area contributed by atoms with Gasteiger partial charge in [-0.15, -0.1) is 0 Å². The molecular weight excluding hydrogens is 424 g/mol. The van der Waals surface area contributed by atoms with Gasteiger partial charge in [0.05, 0.1) is 24.9 Å². The number of nitrogens with zero attached hydrogens (tertiary/aromatic N) is 2. The van der Waals surface area contributed by atoms with Gasteiger partial charge in [0.25, 0.3) is 5.91 Å². The fourth-order valence-electron chi connectivity index (χ4n) is 4.25. The maximum Gasteiger partial charge on any atom is 0.315 e. The molecule has 1 unspecified atom stereocenters. The Hall–Kier alpha value is -3.88. The van der Waals surface area contributed by atoms with Gasteiger partial charge >= 0.3 is 5.69 Å². The van der Waals surface area contributed by atoms with Gasteiger partial charge < -0.3 is 14.5 Å². The molecule has 0 spiro atoms. The molecular formula is C24H26N4O5. The third-order valence-electron chi connectivity index (χ3n) is 5.83. The van der Waals surface area contributed by atoms with Crippen LogP contribution >= 0.6 is 0 Å². The van der Waals surface area contributed by atoms with Crippen LogP contribution in [0.5, 0.6) is 11.5 Å². The normalized spacial score (nSPS) is 15.4. The molecule has 0 saturated carbocycles. The Labute approximate surface area is 190 Å². The molecule has 0 fully saturated rings. The first kappa shape index (κ1) is 22.3. The number of hydrazone groups is 1. The Morgan fingerprint density at radius 3 is 2.91 bits per heavy atom. The van der Waals surface area contributed by atoms with E-state index >= 15 is 0 Å². The molecule has 1 aliphatic rings. The molecule has 0 bridgehead atoms. The van der Waals surface area contributed by atoms with Gasteiger partial charge in [-0.1, -0.05) is 6.92 Å². The summed E-state index contributed by atoms with van der Waals surface area (Å²) >= 11 is 0. The minimum Gasteiger partial charge on any atom is -0.490 e. The minimum absolute atomic E-state index is 0.0421. The van der Waals surface area contributed by atoms with E-state index in [1.807, 2.05) is 12.1 Å². The maximum atomic E-state index is 12.7. The lowest BCUT2D eigenvalue weighted by Gasteiger charge is -2.18. The van der Waals surface area contributed by atoms with Crippen molar-refractivity contribution in [3.63, 3.8) is 0 Å². The lowest BCUT2D eigenvalue weighted by atomic mass is 9.87. The highest BCUT2D eigenvalue weighted by atomic mass is 16.6. The number of carbonyl (C=O) groups is 1. The summed E-state index contributed by atoms with van der Waals surface area (Å²) in [6.07, 6.45) is 4.52. The summed E-state index contributed by atoms with van der Waals surface area (Å²) < 4.78 is 10.6. The highest BCUT2D eigenvalue weighted by molar-refractivity contribution is 5.99. The average molecular weight is 450 g/mol. The number of nitrogens with one attached hydrogen (secondary N) is 2. The number of carbonyl (C=O) groups excluding carboxylic acids is 1. The zero-order chi connectivity index (χ0) is 23.5. The zero-order valence-corrected chi connectivity index (χ0v) is 18.8. The third kappa shape index (κ3) is 4.52. The molecule has 1 atom stereocenters. The molecule has 1 aliphatic carbocycles. The number of ether oxygens (including phenoxy) is 2. The number of fused-ring (bicyclic) bond motifs is 3. The van der Waals surface area contributed by atoms with Gasteiger partial charge in [0, 0.05) is 33.8 Å². The van der Waals surface area contributed by atoms with Crippen LogP contribution in [-0.2, 0) is 12.8 Å². The van der Waals surface area contributed by atoms with Crippen molar-refractivity contribution in [1.82, 2.24) is 10.4 Å². The monoisotopic (exact) mass is 450 g/mol. The fourth-order valence-corrected chi connectivity index (χ4v) is 4.25. The van der Waals surface area contributed by atoms with Crippen LogP contribution in [-0.4, -0.2) is 35.7 Å². The highest BCUT2D eigenvalue weighted by Gasteiger charge is 2.22. The van der Waals surface area contributed by atoms with Crippen molar-refractivity contribution in [2.24, 2.45) is 11.0 Å². The summed E-state index contributed by atoms with van der Waals surface area (Å²) in [5, 5.41) is 16.5. The summed E-state index contributed by atoms with van der Waals surface area (Å²) in [4.78, 5) is 27.0. The second-order valence-electron chi connectivity index (χ2n) is 8.15. The van der Waals surface area contributed by atoms with E-state index in [0.29, 0.717) is 23.7 Å². The SMILES string of the molecule is CCOc1cc(/C=N\NC(=O)c2ccc3[nH]c4c(c3c2)CC(C)CC4)cc([N+](=O)[O-])c1OC. The molecule has 1 amide bonds. The highest BCUT2D eigenvalue weighted by Crippen LogP contribution is 2.38. The van der Waals surface area contributed by atoms with Gasteiger partial charge in [-0.2, -0.15) is 5.10 Å². The molecule has 9 nitrogen and oxygen atoms in total. The van der Waals surface area contributed by atoms with Crippen LogP contribution in [0.3, 0.4) is 0 Å². The van der Waals surface area contributed by atoms with E-state index in [1.54, 1.807) is 19.1 Å². The lowest BCUT2D eigenvalue weighted by molar-refractivity contribution is -0.385. The van der Waals surface area contributed by atoms with Crippen LogP contribution in [0.4, 0.5) is 5.69 Å². The molecule has 2 N–H and O–H groups in total. The van der Waals surface area contributed by atoms with Gasteiger partial charge in [-0.05, 0) is 61.9 Å².